The summed E-state index contributed by atoms with van der Waals surface area (Å²) in [6, 6.07) is 0. The van der Waals surface area contributed by atoms with E-state index in [2.05, 4.69) is 34.3 Å². The summed E-state index contributed by atoms with van der Waals surface area (Å²) in [7, 11) is 2.22. The molecule has 1 aromatic heterocycles. The molecule has 0 amide bonds. The highest BCUT2D eigenvalue weighted by Gasteiger charge is 2.15. The first kappa shape index (κ1) is 14.5. The molecule has 19 heavy (non-hydrogen) atoms. The van der Waals surface area contributed by atoms with E-state index in [1.54, 1.807) is 6.33 Å². The fraction of sp³-hybridized carbons (Fsp3) is 0.857. The van der Waals surface area contributed by atoms with E-state index in [-0.39, 0.29) is 0 Å². The topological polar surface area (TPSA) is 46.0 Å². The summed E-state index contributed by atoms with van der Waals surface area (Å²) in [5.74, 6) is 1.96. The van der Waals surface area contributed by atoms with Crippen LogP contribution in [0.5, 0.6) is 0 Å². The number of likely N-dealkylation sites (tertiary alicyclic amines) is 1. The summed E-state index contributed by atoms with van der Waals surface area (Å²) in [5.41, 5.74) is 0. The van der Waals surface area contributed by atoms with Gasteiger partial charge in [0.1, 0.15) is 12.2 Å². The standard InChI is InChI=1S/C14H27N5/c1-3-8-19-14(16-12-17-19)11-15-7-4-13-5-9-18(2)10-6-13/h12-13,15H,3-11H2,1-2H3. The van der Waals surface area contributed by atoms with Crippen molar-refractivity contribution in [3.05, 3.63) is 12.2 Å². The molecule has 1 N–H and O–H groups in total. The molecular weight excluding hydrogens is 238 g/mol. The van der Waals surface area contributed by atoms with Gasteiger partial charge in [-0.15, -0.1) is 0 Å². The van der Waals surface area contributed by atoms with Gasteiger partial charge in [-0.3, -0.25) is 0 Å². The van der Waals surface area contributed by atoms with Gasteiger partial charge in [-0.25, -0.2) is 9.67 Å². The van der Waals surface area contributed by atoms with E-state index in [4.69, 9.17) is 0 Å². The highest BCUT2D eigenvalue weighted by molar-refractivity contribution is 4.83. The summed E-state index contributed by atoms with van der Waals surface area (Å²) in [5, 5.41) is 7.75. The third-order valence-electron chi connectivity index (χ3n) is 3.98. The van der Waals surface area contributed by atoms with Gasteiger partial charge in [-0.1, -0.05) is 6.92 Å². The largest absolute Gasteiger partial charge is 0.310 e. The molecule has 2 heterocycles. The molecule has 2 rings (SSSR count). The Balaban J connectivity index is 1.62. The van der Waals surface area contributed by atoms with Crippen LogP contribution in [0.1, 0.15) is 38.4 Å². The van der Waals surface area contributed by atoms with Crippen molar-refractivity contribution < 1.29 is 0 Å². The van der Waals surface area contributed by atoms with Crippen molar-refractivity contribution in [2.75, 3.05) is 26.7 Å². The minimum atomic E-state index is 0.840. The average Bonchev–Trinajstić information content (AvgIpc) is 2.85. The number of piperidine rings is 1. The molecular formula is C14H27N5. The second-order valence-corrected chi connectivity index (χ2v) is 5.61. The smallest absolute Gasteiger partial charge is 0.140 e. The van der Waals surface area contributed by atoms with Gasteiger partial charge in [0.25, 0.3) is 0 Å². The Morgan fingerprint density at radius 2 is 2.16 bits per heavy atom. The van der Waals surface area contributed by atoms with Crippen LogP contribution in [0.25, 0.3) is 0 Å². The average molecular weight is 265 g/mol. The third-order valence-corrected chi connectivity index (χ3v) is 3.98. The lowest BCUT2D eigenvalue weighted by Gasteiger charge is -2.28. The van der Waals surface area contributed by atoms with Crippen LogP contribution in [-0.2, 0) is 13.1 Å². The molecule has 1 aliphatic rings. The van der Waals surface area contributed by atoms with Gasteiger partial charge >= 0.3 is 0 Å². The first-order valence-electron chi connectivity index (χ1n) is 7.55. The maximum absolute atomic E-state index is 4.31. The van der Waals surface area contributed by atoms with Crippen molar-refractivity contribution in [2.45, 2.75) is 45.7 Å². The van der Waals surface area contributed by atoms with Gasteiger partial charge in [0.15, 0.2) is 0 Å². The van der Waals surface area contributed by atoms with E-state index in [0.717, 1.165) is 37.8 Å². The maximum Gasteiger partial charge on any atom is 0.140 e. The number of rotatable bonds is 7. The van der Waals surface area contributed by atoms with Crippen LogP contribution in [-0.4, -0.2) is 46.3 Å². The molecule has 5 heteroatoms. The maximum atomic E-state index is 4.31. The second-order valence-electron chi connectivity index (χ2n) is 5.61. The normalized spacial score (nSPS) is 18.0. The summed E-state index contributed by atoms with van der Waals surface area (Å²) in [4.78, 5) is 6.74. The van der Waals surface area contributed by atoms with E-state index in [1.807, 2.05) is 4.68 Å². The first-order valence-corrected chi connectivity index (χ1v) is 7.55. The molecule has 0 atom stereocenters. The lowest BCUT2D eigenvalue weighted by molar-refractivity contribution is 0.211. The zero-order valence-corrected chi connectivity index (χ0v) is 12.3. The molecule has 1 aliphatic heterocycles. The van der Waals surface area contributed by atoms with Crippen LogP contribution in [0, 0.1) is 5.92 Å². The minimum Gasteiger partial charge on any atom is -0.310 e. The number of nitrogens with zero attached hydrogens (tertiary/aromatic N) is 4. The Labute approximate surface area is 116 Å². The SMILES string of the molecule is CCCn1ncnc1CNCCC1CCN(C)CC1. The molecule has 0 aromatic carbocycles. The van der Waals surface area contributed by atoms with Crippen molar-refractivity contribution in [3.8, 4) is 0 Å². The van der Waals surface area contributed by atoms with E-state index in [9.17, 15) is 0 Å². The zero-order valence-electron chi connectivity index (χ0n) is 12.3. The van der Waals surface area contributed by atoms with Crippen LogP contribution in [0.2, 0.25) is 0 Å². The highest BCUT2D eigenvalue weighted by Crippen LogP contribution is 2.18. The summed E-state index contributed by atoms with van der Waals surface area (Å²) in [6.07, 6.45) is 6.75. The second kappa shape index (κ2) is 7.60. The van der Waals surface area contributed by atoms with Gasteiger partial charge in [0.05, 0.1) is 6.54 Å². The van der Waals surface area contributed by atoms with Crippen LogP contribution in [0.3, 0.4) is 0 Å². The van der Waals surface area contributed by atoms with Crippen molar-refractivity contribution >= 4 is 0 Å². The molecule has 1 saturated heterocycles. The Kier molecular flexibility index (Phi) is 5.79. The number of hydrogen-bond donors (Lipinski definition) is 1. The zero-order chi connectivity index (χ0) is 13.5. The Hall–Kier alpha value is -0.940. The van der Waals surface area contributed by atoms with Gasteiger partial charge in [-0.05, 0) is 58.3 Å². The monoisotopic (exact) mass is 265 g/mol. The Morgan fingerprint density at radius 3 is 2.89 bits per heavy atom. The lowest BCUT2D eigenvalue weighted by Crippen LogP contribution is -2.31. The fourth-order valence-electron chi connectivity index (χ4n) is 2.68. The van der Waals surface area contributed by atoms with E-state index < -0.39 is 0 Å². The van der Waals surface area contributed by atoms with Crippen LogP contribution >= 0.6 is 0 Å². The van der Waals surface area contributed by atoms with Gasteiger partial charge < -0.3 is 10.2 Å². The fourth-order valence-corrected chi connectivity index (χ4v) is 2.68. The molecule has 0 aliphatic carbocycles. The van der Waals surface area contributed by atoms with Crippen molar-refractivity contribution in [3.63, 3.8) is 0 Å². The number of nitrogens with one attached hydrogen (secondary N) is 1. The molecule has 1 fully saturated rings. The molecule has 0 saturated carbocycles. The number of aryl methyl sites for hydroxylation is 1. The third kappa shape index (κ3) is 4.58. The first-order chi connectivity index (χ1) is 9.29. The molecule has 1 aromatic rings. The number of aromatic nitrogens is 3. The van der Waals surface area contributed by atoms with Crippen molar-refractivity contribution in [1.82, 2.24) is 25.0 Å². The van der Waals surface area contributed by atoms with Crippen molar-refractivity contribution in [1.29, 1.82) is 0 Å². The van der Waals surface area contributed by atoms with E-state index >= 15 is 0 Å². The molecule has 0 spiro atoms. The molecule has 0 bridgehead atoms. The molecule has 0 radical (unpaired) electrons. The van der Waals surface area contributed by atoms with Gasteiger partial charge in [0, 0.05) is 6.54 Å². The summed E-state index contributed by atoms with van der Waals surface area (Å²) >= 11 is 0. The van der Waals surface area contributed by atoms with E-state index in [1.165, 1.54) is 32.4 Å². The van der Waals surface area contributed by atoms with Gasteiger partial charge in [0.2, 0.25) is 0 Å². The van der Waals surface area contributed by atoms with Crippen molar-refractivity contribution in [2.24, 2.45) is 5.92 Å². The predicted octanol–water partition coefficient (Wildman–Crippen LogP) is 1.51. The molecule has 5 nitrogen and oxygen atoms in total. The van der Waals surface area contributed by atoms with Crippen LogP contribution < -0.4 is 5.32 Å². The molecule has 0 unspecified atom stereocenters. The van der Waals surface area contributed by atoms with Gasteiger partial charge in [-0.2, -0.15) is 5.10 Å². The minimum absolute atomic E-state index is 0.840. The Bertz CT molecular complexity index is 354. The Morgan fingerprint density at radius 1 is 1.37 bits per heavy atom. The lowest BCUT2D eigenvalue weighted by atomic mass is 9.94. The highest BCUT2D eigenvalue weighted by atomic mass is 15.3. The quantitative estimate of drug-likeness (QED) is 0.759. The van der Waals surface area contributed by atoms with E-state index in [0.29, 0.717) is 0 Å². The van der Waals surface area contributed by atoms with Crippen LogP contribution in [0.4, 0.5) is 0 Å². The summed E-state index contributed by atoms with van der Waals surface area (Å²) in [6.45, 7) is 7.58. The van der Waals surface area contributed by atoms with Crippen LogP contribution in [0.15, 0.2) is 6.33 Å². The molecule has 108 valence electrons. The summed E-state index contributed by atoms with van der Waals surface area (Å²) < 4.78 is 2.00. The predicted molar refractivity (Wildman–Crippen MR) is 76.9 cm³/mol. The number of hydrogen-bond acceptors (Lipinski definition) is 4.